The zero-order valence-electron chi connectivity index (χ0n) is 19.4. The zero-order valence-corrected chi connectivity index (χ0v) is 19.4. The lowest BCUT2D eigenvalue weighted by molar-refractivity contribution is -0.176. The average molecular weight is 389 g/mol. The summed E-state index contributed by atoms with van der Waals surface area (Å²) in [4.78, 5) is 10.6. The highest BCUT2D eigenvalue weighted by Gasteiger charge is 2.44. The number of methoxy groups -OCH3 is 2. The van der Waals surface area contributed by atoms with E-state index in [2.05, 4.69) is 34.6 Å². The summed E-state index contributed by atoms with van der Waals surface area (Å²) in [5.41, 5.74) is -0.821. The van der Waals surface area contributed by atoms with Crippen molar-refractivity contribution in [2.75, 3.05) is 20.8 Å². The average Bonchev–Trinajstić information content (AvgIpc) is 3.02. The molecule has 1 heterocycles. The van der Waals surface area contributed by atoms with Crippen molar-refractivity contribution in [2.24, 2.45) is 11.8 Å². The second-order valence-corrected chi connectivity index (χ2v) is 8.90. The number of ether oxygens (including phenoxy) is 4. The summed E-state index contributed by atoms with van der Waals surface area (Å²) in [5.74, 6) is 0.710. The molecule has 0 N–H and O–H groups in total. The van der Waals surface area contributed by atoms with Crippen LogP contribution in [-0.2, 0) is 23.7 Å². The van der Waals surface area contributed by atoms with Crippen molar-refractivity contribution in [3.8, 4) is 0 Å². The van der Waals surface area contributed by atoms with E-state index in [4.69, 9.17) is 18.9 Å². The van der Waals surface area contributed by atoms with Gasteiger partial charge in [0.1, 0.15) is 11.7 Å². The summed E-state index contributed by atoms with van der Waals surface area (Å²) >= 11 is 0. The molecule has 0 aromatic rings. The summed E-state index contributed by atoms with van der Waals surface area (Å²) in [6.45, 7) is 17.2. The van der Waals surface area contributed by atoms with Crippen molar-refractivity contribution in [3.63, 3.8) is 0 Å². The van der Waals surface area contributed by atoms with Crippen LogP contribution in [0.5, 0.6) is 0 Å². The number of hydrogen-bond acceptors (Lipinski definition) is 5. The maximum absolute atomic E-state index is 10.6. The molecule has 0 aromatic heterocycles. The van der Waals surface area contributed by atoms with Gasteiger partial charge in [-0.15, -0.1) is 0 Å². The van der Waals surface area contributed by atoms with E-state index in [0.717, 1.165) is 32.0 Å². The standard InChI is InChI=1S/C13H26O3.C9H18O2/c1-7-10(2)8-13(5,14-6)11-9-15-12(3,4)16-11;1-5-8(2)6-9(3,7-10)11-4/h10-11H,7-9H2,1-6H3;7-8H,5-6H2,1-4H3/t10-,11+,13+;8-,9+/m00/s1. The van der Waals surface area contributed by atoms with Crippen LogP contribution >= 0.6 is 0 Å². The Morgan fingerprint density at radius 2 is 1.59 bits per heavy atom. The van der Waals surface area contributed by atoms with Crippen molar-refractivity contribution < 1.29 is 23.7 Å². The van der Waals surface area contributed by atoms with Gasteiger partial charge in [0.05, 0.1) is 12.2 Å². The maximum atomic E-state index is 10.6. The topological polar surface area (TPSA) is 54.0 Å². The van der Waals surface area contributed by atoms with Crippen LogP contribution in [0.15, 0.2) is 0 Å². The Bertz CT molecular complexity index is 425. The molecule has 0 bridgehead atoms. The third-order valence-electron chi connectivity index (χ3n) is 5.77. The highest BCUT2D eigenvalue weighted by molar-refractivity contribution is 5.61. The van der Waals surface area contributed by atoms with Crippen LogP contribution in [-0.4, -0.2) is 50.2 Å². The first-order chi connectivity index (χ1) is 12.4. The van der Waals surface area contributed by atoms with Crippen LogP contribution in [0.2, 0.25) is 0 Å². The van der Waals surface area contributed by atoms with E-state index in [1.54, 1.807) is 14.2 Å². The largest absolute Gasteiger partial charge is 0.376 e. The van der Waals surface area contributed by atoms with E-state index in [0.29, 0.717) is 18.4 Å². The number of carbonyl (C=O) groups excluding carboxylic acids is 1. The van der Waals surface area contributed by atoms with Crippen molar-refractivity contribution in [3.05, 3.63) is 0 Å². The smallest absolute Gasteiger partial charge is 0.163 e. The summed E-state index contributed by atoms with van der Waals surface area (Å²) in [5, 5.41) is 0. The molecule has 1 aliphatic heterocycles. The Labute approximate surface area is 167 Å². The summed E-state index contributed by atoms with van der Waals surface area (Å²) in [7, 11) is 3.34. The van der Waals surface area contributed by atoms with Crippen LogP contribution in [0.25, 0.3) is 0 Å². The maximum Gasteiger partial charge on any atom is 0.163 e. The number of aldehydes is 1. The lowest BCUT2D eigenvalue weighted by Gasteiger charge is -2.35. The molecule has 1 fully saturated rings. The molecular formula is C22H44O5. The molecule has 0 unspecified atom stereocenters. The Morgan fingerprint density at radius 1 is 1.07 bits per heavy atom. The fraction of sp³-hybridized carbons (Fsp3) is 0.955. The molecule has 0 radical (unpaired) electrons. The first-order valence-corrected chi connectivity index (χ1v) is 10.3. The fourth-order valence-corrected chi connectivity index (χ4v) is 3.19. The Kier molecular flexibility index (Phi) is 11.3. The fourth-order valence-electron chi connectivity index (χ4n) is 3.19. The van der Waals surface area contributed by atoms with E-state index >= 15 is 0 Å². The van der Waals surface area contributed by atoms with E-state index in [-0.39, 0.29) is 11.7 Å². The number of carbonyl (C=O) groups is 1. The highest BCUT2D eigenvalue weighted by Crippen LogP contribution is 2.35. The third-order valence-corrected chi connectivity index (χ3v) is 5.77. The summed E-state index contributed by atoms with van der Waals surface area (Å²) in [6, 6.07) is 0. The van der Waals surface area contributed by atoms with Gasteiger partial charge in [-0.2, -0.15) is 0 Å². The van der Waals surface area contributed by atoms with Crippen LogP contribution in [0.3, 0.4) is 0 Å². The summed E-state index contributed by atoms with van der Waals surface area (Å²) < 4.78 is 22.3. The monoisotopic (exact) mass is 388 g/mol. The van der Waals surface area contributed by atoms with Crippen LogP contribution in [0.1, 0.15) is 81.1 Å². The molecule has 0 aromatic carbocycles. The van der Waals surface area contributed by atoms with Gasteiger partial charge in [-0.1, -0.05) is 40.5 Å². The molecule has 162 valence electrons. The summed E-state index contributed by atoms with van der Waals surface area (Å²) in [6.07, 6.45) is 4.98. The van der Waals surface area contributed by atoms with Gasteiger partial charge in [0.25, 0.3) is 0 Å². The molecule has 1 rings (SSSR count). The van der Waals surface area contributed by atoms with E-state index in [1.807, 2.05) is 20.8 Å². The Balaban J connectivity index is 0.000000541. The zero-order chi connectivity index (χ0) is 21.3. The second kappa shape index (κ2) is 11.5. The normalized spacial score (nSPS) is 25.5. The van der Waals surface area contributed by atoms with Crippen LogP contribution in [0.4, 0.5) is 0 Å². The first-order valence-electron chi connectivity index (χ1n) is 10.3. The molecule has 0 saturated carbocycles. The first kappa shape index (κ1) is 26.5. The highest BCUT2D eigenvalue weighted by atomic mass is 16.7. The lowest BCUT2D eigenvalue weighted by Crippen LogP contribution is -2.45. The van der Waals surface area contributed by atoms with Crippen molar-refractivity contribution >= 4 is 6.29 Å². The second-order valence-electron chi connectivity index (χ2n) is 8.90. The van der Waals surface area contributed by atoms with Crippen molar-refractivity contribution in [1.29, 1.82) is 0 Å². The van der Waals surface area contributed by atoms with Crippen LogP contribution in [0, 0.1) is 11.8 Å². The van der Waals surface area contributed by atoms with Gasteiger partial charge in [0.15, 0.2) is 12.1 Å². The minimum Gasteiger partial charge on any atom is -0.376 e. The van der Waals surface area contributed by atoms with E-state index in [9.17, 15) is 4.79 Å². The molecule has 5 heteroatoms. The molecule has 5 nitrogen and oxygen atoms in total. The van der Waals surface area contributed by atoms with Gasteiger partial charge >= 0.3 is 0 Å². The third kappa shape index (κ3) is 9.03. The number of hydrogen-bond donors (Lipinski definition) is 0. The van der Waals surface area contributed by atoms with Gasteiger partial charge in [-0.25, -0.2) is 0 Å². The van der Waals surface area contributed by atoms with E-state index < -0.39 is 11.4 Å². The quantitative estimate of drug-likeness (QED) is 0.493. The molecule has 5 atom stereocenters. The van der Waals surface area contributed by atoms with Crippen LogP contribution < -0.4 is 0 Å². The molecule has 1 saturated heterocycles. The molecule has 27 heavy (non-hydrogen) atoms. The van der Waals surface area contributed by atoms with E-state index in [1.165, 1.54) is 0 Å². The van der Waals surface area contributed by atoms with Gasteiger partial charge in [-0.05, 0) is 52.4 Å². The minimum atomic E-state index is -0.574. The Hall–Kier alpha value is -0.490. The van der Waals surface area contributed by atoms with Gasteiger partial charge in [-0.3, -0.25) is 0 Å². The minimum absolute atomic E-state index is 0.0292. The molecule has 1 aliphatic rings. The molecular weight excluding hydrogens is 344 g/mol. The van der Waals surface area contributed by atoms with Gasteiger partial charge in [0, 0.05) is 14.2 Å². The molecule has 0 spiro atoms. The Morgan fingerprint density at radius 3 is 1.93 bits per heavy atom. The lowest BCUT2D eigenvalue weighted by atomic mass is 9.87. The number of rotatable bonds is 10. The van der Waals surface area contributed by atoms with Crippen molar-refractivity contribution in [2.45, 2.75) is 104 Å². The van der Waals surface area contributed by atoms with Crippen molar-refractivity contribution in [1.82, 2.24) is 0 Å². The molecule has 0 amide bonds. The predicted molar refractivity (Wildman–Crippen MR) is 110 cm³/mol. The molecule has 0 aliphatic carbocycles. The van der Waals surface area contributed by atoms with Gasteiger partial charge < -0.3 is 23.7 Å². The predicted octanol–water partition coefficient (Wildman–Crippen LogP) is 5.01. The van der Waals surface area contributed by atoms with Gasteiger partial charge in [0.2, 0.25) is 0 Å². The SMILES string of the molecule is CC[C@H](C)C[C@@](C)(OC)[C@H]1COC(C)(C)O1.CC[C@H](C)C[C@](C)(C=O)OC.